The van der Waals surface area contributed by atoms with Gasteiger partial charge in [0.1, 0.15) is 5.15 Å². The van der Waals surface area contributed by atoms with Crippen LogP contribution < -0.4 is 0 Å². The van der Waals surface area contributed by atoms with Gasteiger partial charge in [-0.15, -0.1) is 0 Å². The third-order valence-corrected chi connectivity index (χ3v) is 3.54. The molecule has 0 atom stereocenters. The van der Waals surface area contributed by atoms with Crippen LogP contribution in [0.3, 0.4) is 0 Å². The van der Waals surface area contributed by atoms with Crippen LogP contribution in [0.1, 0.15) is 0 Å². The van der Waals surface area contributed by atoms with E-state index in [1.165, 1.54) is 0 Å². The smallest absolute Gasteiger partial charge is 0.130 e. The van der Waals surface area contributed by atoms with Crippen molar-refractivity contribution in [2.75, 3.05) is 0 Å². The van der Waals surface area contributed by atoms with Crippen molar-refractivity contribution in [2.45, 2.75) is 0 Å². The second-order valence-corrected chi connectivity index (χ2v) is 4.96. The number of hydrogen-bond acceptors (Lipinski definition) is 2. The van der Waals surface area contributed by atoms with Gasteiger partial charge < -0.3 is 0 Å². The molecule has 0 aliphatic heterocycles. The largest absolute Gasteiger partial charge is 0.285 e. The zero-order chi connectivity index (χ0) is 12.7. The van der Waals surface area contributed by atoms with Crippen molar-refractivity contribution in [3.63, 3.8) is 0 Å². The predicted octanol–water partition coefficient (Wildman–Crippen LogP) is 4.59. The molecule has 18 heavy (non-hydrogen) atoms. The van der Waals surface area contributed by atoms with Crippen molar-refractivity contribution >= 4 is 45.7 Å². The van der Waals surface area contributed by atoms with Gasteiger partial charge in [0.2, 0.25) is 0 Å². The molecule has 0 radical (unpaired) electrons. The molecule has 3 aromatic rings. The molecule has 0 bridgehead atoms. The van der Waals surface area contributed by atoms with Crippen molar-refractivity contribution in [2.24, 2.45) is 0 Å². The highest BCUT2D eigenvalue weighted by Crippen LogP contribution is 2.34. The average molecular weight is 299 g/mol. The van der Waals surface area contributed by atoms with E-state index in [1.54, 1.807) is 30.6 Å². The fourth-order valence-corrected chi connectivity index (χ4v) is 2.35. The lowest BCUT2D eigenvalue weighted by atomic mass is 10.0. The summed E-state index contributed by atoms with van der Waals surface area (Å²) in [6.45, 7) is 0. The highest BCUT2D eigenvalue weighted by Gasteiger charge is 2.10. The van der Waals surface area contributed by atoms with Gasteiger partial charge in [0, 0.05) is 17.1 Å². The van der Waals surface area contributed by atoms with Gasteiger partial charge >= 0.3 is 0 Å². The second-order valence-electron chi connectivity index (χ2n) is 3.76. The molecule has 0 saturated heterocycles. The maximum atomic E-state index is 6.04. The van der Waals surface area contributed by atoms with Crippen LogP contribution in [0, 0.1) is 0 Å². The average Bonchev–Trinajstić information content (AvgIpc) is 2.84. The predicted molar refractivity (Wildman–Crippen MR) is 74.4 cm³/mol. The number of halogens is 3. The first-order valence-corrected chi connectivity index (χ1v) is 6.23. The molecule has 0 aliphatic carbocycles. The minimum absolute atomic E-state index is 0.400. The first-order valence-electron chi connectivity index (χ1n) is 5.09. The van der Waals surface area contributed by atoms with Crippen LogP contribution in [0.25, 0.3) is 22.0 Å². The summed E-state index contributed by atoms with van der Waals surface area (Å²) in [5.41, 5.74) is 2.54. The van der Waals surface area contributed by atoms with Gasteiger partial charge in [-0.1, -0.05) is 34.8 Å². The van der Waals surface area contributed by atoms with Gasteiger partial charge in [-0.2, -0.15) is 5.10 Å². The van der Waals surface area contributed by atoms with Crippen molar-refractivity contribution < 1.29 is 0 Å². The number of nitrogens with one attached hydrogen (secondary N) is 1. The van der Waals surface area contributed by atoms with E-state index < -0.39 is 0 Å². The summed E-state index contributed by atoms with van der Waals surface area (Å²) in [7, 11) is 0. The Balaban J connectivity index is 2.40. The third kappa shape index (κ3) is 1.94. The van der Waals surface area contributed by atoms with Gasteiger partial charge in [0.05, 0.1) is 21.8 Å². The van der Waals surface area contributed by atoms with Gasteiger partial charge in [-0.3, -0.25) is 5.10 Å². The number of benzene rings is 1. The van der Waals surface area contributed by atoms with Crippen LogP contribution >= 0.6 is 34.8 Å². The van der Waals surface area contributed by atoms with E-state index in [1.807, 2.05) is 0 Å². The number of aromatic amines is 1. The third-order valence-electron chi connectivity index (χ3n) is 2.63. The number of H-pyrrole nitrogens is 1. The summed E-state index contributed by atoms with van der Waals surface area (Å²) in [6.07, 6.45) is 3.50. The molecule has 3 nitrogen and oxygen atoms in total. The Morgan fingerprint density at radius 2 is 1.78 bits per heavy atom. The molecule has 90 valence electrons. The lowest BCUT2D eigenvalue weighted by Crippen LogP contribution is -1.86. The summed E-state index contributed by atoms with van der Waals surface area (Å²) in [4.78, 5) is 4.24. The summed E-state index contributed by atoms with van der Waals surface area (Å²) in [5.74, 6) is 0. The van der Waals surface area contributed by atoms with Crippen LogP contribution in [0.2, 0.25) is 15.2 Å². The molecule has 0 aliphatic rings. The summed E-state index contributed by atoms with van der Waals surface area (Å²) in [6, 6.07) is 5.26. The number of nitrogens with zero attached hydrogens (tertiary/aromatic N) is 2. The van der Waals surface area contributed by atoms with E-state index in [2.05, 4.69) is 15.2 Å². The Kier molecular flexibility index (Phi) is 2.90. The van der Waals surface area contributed by atoms with Crippen molar-refractivity contribution in [1.29, 1.82) is 0 Å². The fourth-order valence-electron chi connectivity index (χ4n) is 1.83. The number of hydrogen-bond donors (Lipinski definition) is 1. The van der Waals surface area contributed by atoms with E-state index in [0.717, 1.165) is 16.5 Å². The topological polar surface area (TPSA) is 41.6 Å². The minimum Gasteiger partial charge on any atom is -0.285 e. The fraction of sp³-hybridized carbons (Fsp3) is 0. The molecule has 2 aromatic heterocycles. The number of rotatable bonds is 1. The Labute approximate surface area is 118 Å². The molecule has 0 unspecified atom stereocenters. The van der Waals surface area contributed by atoms with E-state index in [9.17, 15) is 0 Å². The van der Waals surface area contributed by atoms with Crippen molar-refractivity contribution in [1.82, 2.24) is 15.2 Å². The van der Waals surface area contributed by atoms with Gasteiger partial charge in [-0.05, 0) is 23.8 Å². The highest BCUT2D eigenvalue weighted by atomic mass is 35.5. The summed E-state index contributed by atoms with van der Waals surface area (Å²) in [5, 5.41) is 8.92. The van der Waals surface area contributed by atoms with Gasteiger partial charge in [-0.25, -0.2) is 4.98 Å². The molecule has 2 heterocycles. The molecular formula is C12H6Cl3N3. The normalized spacial score (nSPS) is 11.1. The van der Waals surface area contributed by atoms with Crippen molar-refractivity contribution in [3.8, 4) is 11.1 Å². The lowest BCUT2D eigenvalue weighted by molar-refractivity contribution is 1.09. The number of aromatic nitrogens is 3. The maximum Gasteiger partial charge on any atom is 0.130 e. The first kappa shape index (κ1) is 11.8. The molecule has 1 aromatic carbocycles. The maximum absolute atomic E-state index is 6.04. The molecule has 0 amide bonds. The Morgan fingerprint density at radius 3 is 2.50 bits per heavy atom. The Hall–Kier alpha value is -1.29. The van der Waals surface area contributed by atoms with Crippen LogP contribution in [-0.4, -0.2) is 15.2 Å². The van der Waals surface area contributed by atoms with Gasteiger partial charge in [0.25, 0.3) is 0 Å². The number of pyridine rings is 1. The van der Waals surface area contributed by atoms with Gasteiger partial charge in [0.15, 0.2) is 0 Å². The monoisotopic (exact) mass is 297 g/mol. The standard InChI is InChI=1S/C12H6Cl3N3/c13-9-1-8-7(6-4-16-17-5-6)2-12(15)18-11(8)3-10(9)14/h1-5H,(H,16,17). The first-order chi connectivity index (χ1) is 8.65. The minimum atomic E-state index is 0.400. The van der Waals surface area contributed by atoms with E-state index >= 15 is 0 Å². The Morgan fingerprint density at radius 1 is 1.00 bits per heavy atom. The SMILES string of the molecule is Clc1cc(-c2cn[nH]c2)c2cc(Cl)c(Cl)cc2n1. The molecule has 6 heteroatoms. The molecular weight excluding hydrogens is 293 g/mol. The quantitative estimate of drug-likeness (QED) is 0.668. The zero-order valence-corrected chi connectivity index (χ0v) is 11.2. The lowest BCUT2D eigenvalue weighted by Gasteiger charge is -2.06. The number of fused-ring (bicyclic) bond motifs is 1. The van der Waals surface area contributed by atoms with E-state index in [-0.39, 0.29) is 0 Å². The summed E-state index contributed by atoms with van der Waals surface area (Å²) >= 11 is 18.0. The summed E-state index contributed by atoms with van der Waals surface area (Å²) < 4.78 is 0. The second kappa shape index (κ2) is 4.43. The highest BCUT2D eigenvalue weighted by molar-refractivity contribution is 6.43. The Bertz CT molecular complexity index is 723. The van der Waals surface area contributed by atoms with Crippen LogP contribution in [0.15, 0.2) is 30.6 Å². The zero-order valence-electron chi connectivity index (χ0n) is 8.92. The van der Waals surface area contributed by atoms with Crippen molar-refractivity contribution in [3.05, 3.63) is 45.8 Å². The van der Waals surface area contributed by atoms with E-state index in [0.29, 0.717) is 20.7 Å². The van der Waals surface area contributed by atoms with E-state index in [4.69, 9.17) is 34.8 Å². The molecule has 3 rings (SSSR count). The molecule has 0 spiro atoms. The molecule has 0 fully saturated rings. The van der Waals surface area contributed by atoms with Crippen LogP contribution in [-0.2, 0) is 0 Å². The molecule has 0 saturated carbocycles. The molecule has 1 N–H and O–H groups in total. The van der Waals surface area contributed by atoms with Crippen LogP contribution in [0.5, 0.6) is 0 Å². The van der Waals surface area contributed by atoms with Crippen LogP contribution in [0.4, 0.5) is 0 Å².